The molecule has 0 spiro atoms. The van der Waals surface area contributed by atoms with Crippen LogP contribution in [0.1, 0.15) is 38.1 Å². The zero-order chi connectivity index (χ0) is 13.2. The molecule has 2 rings (SSSR count). The van der Waals surface area contributed by atoms with Crippen LogP contribution in [-0.4, -0.2) is 39.6 Å². The first-order chi connectivity index (χ1) is 8.54. The molecule has 1 N–H and O–H groups in total. The first-order valence-electron chi connectivity index (χ1n) is 6.28. The van der Waals surface area contributed by atoms with E-state index in [0.29, 0.717) is 6.54 Å². The van der Waals surface area contributed by atoms with Crippen LogP contribution >= 0.6 is 11.3 Å². The Morgan fingerprint density at radius 2 is 2.39 bits per heavy atom. The summed E-state index contributed by atoms with van der Waals surface area (Å²) in [6.45, 7) is 4.82. The standard InChI is InChI=1S/C12H20N4OS/c1-12(2)6-4-5-9(13-3)11(17)16(12)7-10-15-14-8-18-10/h8-9,13H,4-7H2,1-3H3. The Bertz CT molecular complexity index is 404. The number of amides is 1. The van der Waals surface area contributed by atoms with Crippen LogP contribution in [0.15, 0.2) is 5.51 Å². The van der Waals surface area contributed by atoms with Crippen LogP contribution in [0.4, 0.5) is 0 Å². The summed E-state index contributed by atoms with van der Waals surface area (Å²) in [5.74, 6) is 0.176. The monoisotopic (exact) mass is 268 g/mol. The minimum absolute atomic E-state index is 0.0697. The molecule has 0 saturated carbocycles. The number of nitrogens with zero attached hydrogens (tertiary/aromatic N) is 3. The number of hydrogen-bond acceptors (Lipinski definition) is 5. The Balaban J connectivity index is 2.22. The van der Waals surface area contributed by atoms with E-state index >= 15 is 0 Å². The predicted octanol–water partition coefficient (Wildman–Crippen LogP) is 1.42. The lowest BCUT2D eigenvalue weighted by atomic mass is 9.97. The molecular weight excluding hydrogens is 248 g/mol. The summed E-state index contributed by atoms with van der Waals surface area (Å²) in [7, 11) is 1.85. The van der Waals surface area contributed by atoms with E-state index in [0.717, 1.165) is 24.3 Å². The average Bonchev–Trinajstić information content (AvgIpc) is 2.80. The lowest BCUT2D eigenvalue weighted by molar-refractivity contribution is -0.138. The van der Waals surface area contributed by atoms with E-state index < -0.39 is 0 Å². The summed E-state index contributed by atoms with van der Waals surface area (Å²) in [6, 6.07) is -0.0697. The van der Waals surface area contributed by atoms with Gasteiger partial charge in [0.2, 0.25) is 5.91 Å². The summed E-state index contributed by atoms with van der Waals surface area (Å²) < 4.78 is 0. The maximum Gasteiger partial charge on any atom is 0.240 e. The van der Waals surface area contributed by atoms with Crippen LogP contribution in [0.5, 0.6) is 0 Å². The number of carbonyl (C=O) groups excluding carboxylic acids is 1. The van der Waals surface area contributed by atoms with Crippen LogP contribution in [-0.2, 0) is 11.3 Å². The molecule has 100 valence electrons. The Hall–Kier alpha value is -1.01. The zero-order valence-corrected chi connectivity index (χ0v) is 12.0. The molecule has 1 saturated heterocycles. The van der Waals surface area contributed by atoms with Crippen molar-refractivity contribution in [1.82, 2.24) is 20.4 Å². The first-order valence-corrected chi connectivity index (χ1v) is 7.16. The van der Waals surface area contributed by atoms with Crippen molar-refractivity contribution in [2.24, 2.45) is 0 Å². The highest BCUT2D eigenvalue weighted by Gasteiger charge is 2.37. The third-order valence-corrected chi connectivity index (χ3v) is 4.31. The second kappa shape index (κ2) is 5.32. The average molecular weight is 268 g/mol. The molecule has 0 aliphatic carbocycles. The molecule has 6 heteroatoms. The van der Waals surface area contributed by atoms with E-state index in [4.69, 9.17) is 0 Å². The van der Waals surface area contributed by atoms with Crippen LogP contribution in [0.25, 0.3) is 0 Å². The Morgan fingerprint density at radius 1 is 1.61 bits per heavy atom. The molecular formula is C12H20N4OS. The van der Waals surface area contributed by atoms with Gasteiger partial charge in [-0.25, -0.2) is 0 Å². The van der Waals surface area contributed by atoms with E-state index in [1.807, 2.05) is 11.9 Å². The fraction of sp³-hybridized carbons (Fsp3) is 0.750. The highest BCUT2D eigenvalue weighted by molar-refractivity contribution is 7.09. The highest BCUT2D eigenvalue weighted by atomic mass is 32.1. The number of nitrogens with one attached hydrogen (secondary N) is 1. The Labute approximate surface area is 112 Å². The number of aromatic nitrogens is 2. The van der Waals surface area contributed by atoms with Gasteiger partial charge in [-0.3, -0.25) is 4.79 Å². The van der Waals surface area contributed by atoms with Crippen molar-refractivity contribution < 1.29 is 4.79 Å². The van der Waals surface area contributed by atoms with Crippen molar-refractivity contribution in [3.8, 4) is 0 Å². The lowest BCUT2D eigenvalue weighted by Crippen LogP contribution is -2.51. The largest absolute Gasteiger partial charge is 0.329 e. The number of likely N-dealkylation sites (tertiary alicyclic amines) is 1. The van der Waals surface area contributed by atoms with Crippen molar-refractivity contribution in [2.45, 2.75) is 51.2 Å². The third kappa shape index (κ3) is 2.70. The molecule has 1 atom stereocenters. The van der Waals surface area contributed by atoms with Gasteiger partial charge in [0.1, 0.15) is 10.5 Å². The molecule has 1 aliphatic heterocycles. The third-order valence-electron chi connectivity index (χ3n) is 3.62. The molecule has 2 heterocycles. The summed E-state index contributed by atoms with van der Waals surface area (Å²) in [5.41, 5.74) is 1.59. The van der Waals surface area contributed by atoms with Gasteiger partial charge in [-0.05, 0) is 40.2 Å². The van der Waals surface area contributed by atoms with Crippen LogP contribution in [0.2, 0.25) is 0 Å². The summed E-state index contributed by atoms with van der Waals surface area (Å²) in [4.78, 5) is 14.5. The van der Waals surface area contributed by atoms with Gasteiger partial charge in [-0.2, -0.15) is 0 Å². The molecule has 1 aromatic heterocycles. The minimum Gasteiger partial charge on any atom is -0.329 e. The van der Waals surface area contributed by atoms with Crippen LogP contribution in [0, 0.1) is 0 Å². The number of likely N-dealkylation sites (N-methyl/N-ethyl adjacent to an activating group) is 1. The summed E-state index contributed by atoms with van der Waals surface area (Å²) >= 11 is 1.50. The number of hydrogen-bond donors (Lipinski definition) is 1. The first kappa shape index (κ1) is 13.4. The van der Waals surface area contributed by atoms with Gasteiger partial charge in [0.15, 0.2) is 0 Å². The maximum absolute atomic E-state index is 12.5. The highest BCUT2D eigenvalue weighted by Crippen LogP contribution is 2.29. The van der Waals surface area contributed by atoms with Gasteiger partial charge >= 0.3 is 0 Å². The fourth-order valence-electron chi connectivity index (χ4n) is 2.44. The second-order valence-corrected chi connectivity index (χ2v) is 6.22. The molecule has 1 fully saturated rings. The van der Waals surface area contributed by atoms with E-state index in [1.54, 1.807) is 5.51 Å². The normalized spacial score (nSPS) is 24.1. The van der Waals surface area contributed by atoms with Crippen LogP contribution in [0.3, 0.4) is 0 Å². The molecule has 0 aromatic carbocycles. The maximum atomic E-state index is 12.5. The van der Waals surface area contributed by atoms with E-state index in [-0.39, 0.29) is 17.5 Å². The van der Waals surface area contributed by atoms with E-state index in [1.165, 1.54) is 11.3 Å². The summed E-state index contributed by atoms with van der Waals surface area (Å²) in [5, 5.41) is 11.9. The van der Waals surface area contributed by atoms with Crippen molar-refractivity contribution in [2.75, 3.05) is 7.05 Å². The fourth-order valence-corrected chi connectivity index (χ4v) is 2.96. The van der Waals surface area contributed by atoms with Crippen LogP contribution < -0.4 is 5.32 Å². The quantitative estimate of drug-likeness (QED) is 0.900. The predicted molar refractivity (Wildman–Crippen MR) is 71.2 cm³/mol. The second-order valence-electron chi connectivity index (χ2n) is 5.30. The number of carbonyl (C=O) groups is 1. The SMILES string of the molecule is CNC1CCCC(C)(C)N(Cc2nncs2)C1=O. The Morgan fingerprint density at radius 3 is 3.00 bits per heavy atom. The van der Waals surface area contributed by atoms with Crippen molar-refractivity contribution >= 4 is 17.2 Å². The summed E-state index contributed by atoms with van der Waals surface area (Å²) in [6.07, 6.45) is 3.00. The molecule has 1 aliphatic rings. The smallest absolute Gasteiger partial charge is 0.240 e. The van der Waals surface area contributed by atoms with Gasteiger partial charge < -0.3 is 10.2 Å². The van der Waals surface area contributed by atoms with Crippen molar-refractivity contribution in [3.63, 3.8) is 0 Å². The zero-order valence-electron chi connectivity index (χ0n) is 11.1. The molecule has 0 radical (unpaired) electrons. The van der Waals surface area contributed by atoms with Gasteiger partial charge in [-0.15, -0.1) is 21.5 Å². The molecule has 1 unspecified atom stereocenters. The van der Waals surface area contributed by atoms with Gasteiger partial charge in [0.05, 0.1) is 12.6 Å². The molecule has 18 heavy (non-hydrogen) atoms. The number of rotatable bonds is 3. The molecule has 1 amide bonds. The lowest BCUT2D eigenvalue weighted by Gasteiger charge is -2.37. The molecule has 0 bridgehead atoms. The molecule has 5 nitrogen and oxygen atoms in total. The van der Waals surface area contributed by atoms with E-state index in [9.17, 15) is 4.79 Å². The molecule has 1 aromatic rings. The topological polar surface area (TPSA) is 58.1 Å². The van der Waals surface area contributed by atoms with Gasteiger partial charge in [0, 0.05) is 5.54 Å². The van der Waals surface area contributed by atoms with Crippen molar-refractivity contribution in [1.29, 1.82) is 0 Å². The van der Waals surface area contributed by atoms with Gasteiger partial charge in [-0.1, -0.05) is 0 Å². The van der Waals surface area contributed by atoms with Crippen molar-refractivity contribution in [3.05, 3.63) is 10.5 Å². The van der Waals surface area contributed by atoms with E-state index in [2.05, 4.69) is 29.4 Å². The minimum atomic E-state index is -0.117. The Kier molecular flexibility index (Phi) is 3.97. The van der Waals surface area contributed by atoms with Gasteiger partial charge in [0.25, 0.3) is 0 Å².